The van der Waals surface area contributed by atoms with E-state index in [9.17, 15) is 0 Å². The molecule has 0 radical (unpaired) electrons. The van der Waals surface area contributed by atoms with Gasteiger partial charge in [0.1, 0.15) is 0 Å². The lowest BCUT2D eigenvalue weighted by atomic mass is 9.89. The van der Waals surface area contributed by atoms with Crippen LogP contribution < -0.4 is 0 Å². The van der Waals surface area contributed by atoms with Gasteiger partial charge in [-0.3, -0.25) is 0 Å². The molecule has 0 aliphatic heterocycles. The zero-order valence-electron chi connectivity index (χ0n) is 17.5. The summed E-state index contributed by atoms with van der Waals surface area (Å²) in [7, 11) is 2.20. The van der Waals surface area contributed by atoms with Crippen molar-refractivity contribution in [2.75, 3.05) is 0 Å². The Labute approximate surface area is 169 Å². The van der Waals surface area contributed by atoms with Crippen molar-refractivity contribution in [2.24, 2.45) is 7.05 Å². The molecule has 0 atom stereocenters. The predicted octanol–water partition coefficient (Wildman–Crippen LogP) is 7.82. The highest BCUT2D eigenvalue weighted by Crippen LogP contribution is 2.38. The highest BCUT2D eigenvalue weighted by Gasteiger charge is 2.17. The first kappa shape index (κ1) is 18.8. The van der Waals surface area contributed by atoms with Gasteiger partial charge < -0.3 is 4.57 Å². The van der Waals surface area contributed by atoms with Crippen LogP contribution in [0.3, 0.4) is 0 Å². The monoisotopic (exact) mass is 369 g/mol. The third-order valence-corrected chi connectivity index (χ3v) is 6.20. The normalized spacial score (nSPS) is 11.5. The van der Waals surface area contributed by atoms with Crippen LogP contribution in [0.4, 0.5) is 0 Å². The largest absolute Gasteiger partial charge is 0.344 e. The molecule has 0 amide bonds. The Morgan fingerprint density at radius 1 is 0.786 bits per heavy atom. The van der Waals surface area contributed by atoms with Crippen molar-refractivity contribution in [2.45, 2.75) is 52.4 Å². The molecule has 0 spiro atoms. The Balaban J connectivity index is 1.88. The van der Waals surface area contributed by atoms with Gasteiger partial charge in [0.2, 0.25) is 0 Å². The van der Waals surface area contributed by atoms with E-state index in [1.807, 2.05) is 0 Å². The van der Waals surface area contributed by atoms with Gasteiger partial charge in [-0.15, -0.1) is 0 Å². The van der Waals surface area contributed by atoms with Crippen LogP contribution in [0.1, 0.15) is 50.2 Å². The fourth-order valence-electron chi connectivity index (χ4n) is 4.66. The maximum Gasteiger partial charge on any atom is 0.0497 e. The van der Waals surface area contributed by atoms with Gasteiger partial charge in [0.05, 0.1) is 0 Å². The van der Waals surface area contributed by atoms with Crippen LogP contribution >= 0.6 is 0 Å². The molecule has 0 bridgehead atoms. The van der Waals surface area contributed by atoms with Crippen LogP contribution in [0.25, 0.3) is 32.9 Å². The average Bonchev–Trinajstić information content (AvgIpc) is 3.02. The van der Waals surface area contributed by atoms with Crippen LogP contribution in [0, 0.1) is 6.92 Å². The van der Waals surface area contributed by atoms with Gasteiger partial charge in [-0.05, 0) is 54.2 Å². The Hall–Kier alpha value is -2.54. The summed E-state index contributed by atoms with van der Waals surface area (Å²) in [5.74, 6) is 0. The van der Waals surface area contributed by atoms with Crippen molar-refractivity contribution in [1.29, 1.82) is 0 Å². The van der Waals surface area contributed by atoms with E-state index in [0.717, 1.165) is 0 Å². The Kier molecular flexibility index (Phi) is 5.52. The molecule has 4 rings (SSSR count). The molecule has 4 aromatic rings. The summed E-state index contributed by atoms with van der Waals surface area (Å²) >= 11 is 0. The van der Waals surface area contributed by atoms with Gasteiger partial charge in [-0.2, -0.15) is 0 Å². The number of unbranched alkanes of at least 4 members (excludes halogenated alkanes) is 4. The highest BCUT2D eigenvalue weighted by atomic mass is 14.9. The molecule has 1 aromatic heterocycles. The van der Waals surface area contributed by atoms with E-state index in [1.165, 1.54) is 82.6 Å². The van der Waals surface area contributed by atoms with Crippen LogP contribution in [0.2, 0.25) is 0 Å². The van der Waals surface area contributed by atoms with Gasteiger partial charge in [-0.1, -0.05) is 81.1 Å². The number of para-hydroxylation sites is 1. The summed E-state index contributed by atoms with van der Waals surface area (Å²) in [5, 5.41) is 2.81. The van der Waals surface area contributed by atoms with Crippen LogP contribution in [-0.4, -0.2) is 4.57 Å². The molecule has 28 heavy (non-hydrogen) atoms. The minimum absolute atomic E-state index is 1.17. The zero-order valence-corrected chi connectivity index (χ0v) is 17.5. The second kappa shape index (κ2) is 8.22. The SMILES string of the molecule is CCCCCCCc1c(-c2ccccc2)cc2c(c1C)c1ccccc1n2C. The average molecular weight is 370 g/mol. The molecule has 3 aromatic carbocycles. The fourth-order valence-corrected chi connectivity index (χ4v) is 4.66. The predicted molar refractivity (Wildman–Crippen MR) is 123 cm³/mol. The minimum atomic E-state index is 1.17. The quantitative estimate of drug-likeness (QED) is 0.293. The molecule has 1 heteroatoms. The summed E-state index contributed by atoms with van der Waals surface area (Å²) in [5.41, 5.74) is 8.40. The number of hydrogen-bond acceptors (Lipinski definition) is 0. The van der Waals surface area contributed by atoms with E-state index >= 15 is 0 Å². The van der Waals surface area contributed by atoms with Crippen molar-refractivity contribution in [1.82, 2.24) is 4.57 Å². The summed E-state index contributed by atoms with van der Waals surface area (Å²) < 4.78 is 2.36. The standard InChI is InChI=1S/C27H31N/c1-4-5-6-7-11-16-22-20(2)27-23-17-12-13-18-25(23)28(3)26(27)19-24(22)21-14-9-8-10-15-21/h8-10,12-15,17-19H,4-7,11,16H2,1-3H3. The second-order valence-corrected chi connectivity index (χ2v) is 8.03. The first-order valence-electron chi connectivity index (χ1n) is 10.8. The third kappa shape index (κ3) is 3.35. The van der Waals surface area contributed by atoms with E-state index in [4.69, 9.17) is 0 Å². The lowest BCUT2D eigenvalue weighted by Crippen LogP contribution is -1.97. The highest BCUT2D eigenvalue weighted by molar-refractivity contribution is 6.11. The Morgan fingerprint density at radius 2 is 1.50 bits per heavy atom. The van der Waals surface area contributed by atoms with Crippen molar-refractivity contribution in [3.63, 3.8) is 0 Å². The fraction of sp³-hybridized carbons (Fsp3) is 0.333. The van der Waals surface area contributed by atoms with Gasteiger partial charge in [0, 0.05) is 28.9 Å². The van der Waals surface area contributed by atoms with E-state index in [2.05, 4.69) is 86.1 Å². The van der Waals surface area contributed by atoms with E-state index in [-0.39, 0.29) is 0 Å². The molecule has 0 saturated heterocycles. The molecule has 144 valence electrons. The number of aryl methyl sites for hydroxylation is 2. The molecular formula is C27H31N. The Bertz CT molecular complexity index is 1090. The van der Waals surface area contributed by atoms with Gasteiger partial charge in [-0.25, -0.2) is 0 Å². The molecule has 0 N–H and O–H groups in total. The number of rotatable bonds is 7. The number of aromatic nitrogens is 1. The topological polar surface area (TPSA) is 4.93 Å². The smallest absolute Gasteiger partial charge is 0.0497 e. The first-order valence-corrected chi connectivity index (χ1v) is 10.8. The number of nitrogens with zero attached hydrogens (tertiary/aromatic N) is 1. The van der Waals surface area contributed by atoms with Crippen LogP contribution in [0.15, 0.2) is 60.7 Å². The minimum Gasteiger partial charge on any atom is -0.344 e. The molecule has 0 unspecified atom stereocenters. The second-order valence-electron chi connectivity index (χ2n) is 8.03. The maximum atomic E-state index is 2.43. The summed E-state index contributed by atoms with van der Waals surface area (Å²) in [4.78, 5) is 0. The zero-order chi connectivity index (χ0) is 19.5. The van der Waals surface area contributed by atoms with Crippen molar-refractivity contribution in [3.8, 4) is 11.1 Å². The van der Waals surface area contributed by atoms with Gasteiger partial charge in [0.25, 0.3) is 0 Å². The van der Waals surface area contributed by atoms with Crippen LogP contribution in [0.5, 0.6) is 0 Å². The van der Waals surface area contributed by atoms with Crippen molar-refractivity contribution in [3.05, 3.63) is 71.8 Å². The van der Waals surface area contributed by atoms with Crippen LogP contribution in [-0.2, 0) is 13.5 Å². The molecular weight excluding hydrogens is 338 g/mol. The van der Waals surface area contributed by atoms with Crippen molar-refractivity contribution < 1.29 is 0 Å². The number of benzene rings is 3. The number of fused-ring (bicyclic) bond motifs is 3. The van der Waals surface area contributed by atoms with E-state index < -0.39 is 0 Å². The van der Waals surface area contributed by atoms with E-state index in [1.54, 1.807) is 0 Å². The summed E-state index contributed by atoms with van der Waals surface area (Å²) in [6.07, 6.45) is 7.78. The molecule has 1 nitrogen and oxygen atoms in total. The molecule has 0 fully saturated rings. The molecule has 0 aliphatic rings. The van der Waals surface area contributed by atoms with Gasteiger partial charge in [0.15, 0.2) is 0 Å². The first-order chi connectivity index (χ1) is 13.7. The lowest BCUT2D eigenvalue weighted by molar-refractivity contribution is 0.632. The summed E-state index contributed by atoms with van der Waals surface area (Å²) in [6.45, 7) is 4.62. The maximum absolute atomic E-state index is 2.43. The molecule has 1 heterocycles. The van der Waals surface area contributed by atoms with Crippen molar-refractivity contribution >= 4 is 21.8 Å². The summed E-state index contributed by atoms with van der Waals surface area (Å²) in [6, 6.07) is 22.2. The van der Waals surface area contributed by atoms with E-state index in [0.29, 0.717) is 0 Å². The third-order valence-electron chi connectivity index (χ3n) is 6.20. The molecule has 0 saturated carbocycles. The lowest BCUT2D eigenvalue weighted by Gasteiger charge is -2.16. The molecule has 0 aliphatic carbocycles. The number of hydrogen-bond donors (Lipinski definition) is 0. The Morgan fingerprint density at radius 3 is 2.29 bits per heavy atom. The van der Waals surface area contributed by atoms with Gasteiger partial charge >= 0.3 is 0 Å².